The van der Waals surface area contributed by atoms with Gasteiger partial charge in [-0.15, -0.1) is 0 Å². The molecule has 0 bridgehead atoms. The minimum Gasteiger partial charge on any atom is -0.371 e. The van der Waals surface area contributed by atoms with Crippen LogP contribution in [0.1, 0.15) is 20.8 Å². The van der Waals surface area contributed by atoms with Gasteiger partial charge in [0.05, 0.1) is 13.2 Å². The van der Waals surface area contributed by atoms with Gasteiger partial charge in [0.25, 0.3) is 0 Å². The third-order valence-corrected chi connectivity index (χ3v) is 1.62. The minimum atomic E-state index is -0.125. The number of amides is 1. The van der Waals surface area contributed by atoms with Gasteiger partial charge in [0.1, 0.15) is 13.2 Å². The van der Waals surface area contributed by atoms with Crippen LogP contribution >= 0.6 is 0 Å². The first kappa shape index (κ1) is 15.1. The molecule has 0 aliphatic rings. The first-order valence-electron chi connectivity index (χ1n) is 5.44. The van der Waals surface area contributed by atoms with Gasteiger partial charge in [-0.05, 0) is 12.8 Å². The van der Waals surface area contributed by atoms with Crippen LogP contribution in [0.4, 0.5) is 0 Å². The van der Waals surface area contributed by atoms with Gasteiger partial charge in [-0.2, -0.15) is 0 Å². The fourth-order valence-corrected chi connectivity index (χ4v) is 0.868. The maximum absolute atomic E-state index is 11.2. The molecule has 0 saturated heterocycles. The molecule has 0 rings (SSSR count). The van der Waals surface area contributed by atoms with Gasteiger partial charge in [0.2, 0.25) is 5.91 Å². The van der Waals surface area contributed by atoms with Gasteiger partial charge in [-0.3, -0.25) is 9.59 Å². The lowest BCUT2D eigenvalue weighted by molar-refractivity contribution is -0.127. The summed E-state index contributed by atoms with van der Waals surface area (Å²) < 4.78 is 10.0. The molecule has 1 N–H and O–H groups in total. The summed E-state index contributed by atoms with van der Waals surface area (Å²) in [6, 6.07) is 0. The monoisotopic (exact) mass is 231 g/mol. The van der Waals surface area contributed by atoms with E-state index >= 15 is 0 Å². The topological polar surface area (TPSA) is 64.6 Å². The van der Waals surface area contributed by atoms with Crippen molar-refractivity contribution in [1.29, 1.82) is 0 Å². The lowest BCUT2D eigenvalue weighted by atomic mass is 10.2. The van der Waals surface area contributed by atoms with Gasteiger partial charge in [-0.1, -0.05) is 13.8 Å². The standard InChI is InChI=1S/C11H21NO4/c1-9(2)6-12-11(14)8-16-5-4-15-7-10(3)13/h9H,4-8H2,1-3H3,(H,12,14). The van der Waals surface area contributed by atoms with Gasteiger partial charge in [0, 0.05) is 6.54 Å². The molecular weight excluding hydrogens is 210 g/mol. The van der Waals surface area contributed by atoms with Crippen molar-refractivity contribution in [2.75, 3.05) is 33.0 Å². The molecule has 16 heavy (non-hydrogen) atoms. The molecule has 0 aromatic carbocycles. The van der Waals surface area contributed by atoms with E-state index < -0.39 is 0 Å². The zero-order valence-electron chi connectivity index (χ0n) is 10.2. The van der Waals surface area contributed by atoms with Gasteiger partial charge < -0.3 is 14.8 Å². The molecule has 0 unspecified atom stereocenters. The second-order valence-corrected chi connectivity index (χ2v) is 4.01. The van der Waals surface area contributed by atoms with Crippen LogP contribution in [0.15, 0.2) is 0 Å². The molecule has 5 heteroatoms. The molecule has 0 aromatic rings. The quantitative estimate of drug-likeness (QED) is 0.583. The summed E-state index contributed by atoms with van der Waals surface area (Å²) in [4.78, 5) is 21.7. The van der Waals surface area contributed by atoms with E-state index in [4.69, 9.17) is 9.47 Å². The van der Waals surface area contributed by atoms with E-state index in [9.17, 15) is 9.59 Å². The van der Waals surface area contributed by atoms with E-state index in [1.165, 1.54) is 6.92 Å². The molecule has 0 aromatic heterocycles. The lowest BCUT2D eigenvalue weighted by Gasteiger charge is -2.08. The molecule has 0 radical (unpaired) electrons. The number of carbonyl (C=O) groups excluding carboxylic acids is 2. The minimum absolute atomic E-state index is 0.0188. The highest BCUT2D eigenvalue weighted by Crippen LogP contribution is 1.87. The van der Waals surface area contributed by atoms with Crippen LogP contribution < -0.4 is 5.32 Å². The van der Waals surface area contributed by atoms with Crippen molar-refractivity contribution in [2.45, 2.75) is 20.8 Å². The number of nitrogens with one attached hydrogen (secondary N) is 1. The number of carbonyl (C=O) groups is 2. The highest BCUT2D eigenvalue weighted by atomic mass is 16.5. The Labute approximate surface area is 96.5 Å². The Bertz CT molecular complexity index is 216. The zero-order chi connectivity index (χ0) is 12.4. The van der Waals surface area contributed by atoms with Crippen molar-refractivity contribution in [3.63, 3.8) is 0 Å². The summed E-state index contributed by atoms with van der Waals surface area (Å²) in [5, 5.41) is 2.73. The number of ether oxygens (including phenoxy) is 2. The van der Waals surface area contributed by atoms with Gasteiger partial charge in [-0.25, -0.2) is 0 Å². The molecule has 0 aliphatic heterocycles. The number of rotatable bonds is 9. The smallest absolute Gasteiger partial charge is 0.246 e. The van der Waals surface area contributed by atoms with Crippen molar-refractivity contribution in [2.24, 2.45) is 5.92 Å². The SMILES string of the molecule is CC(=O)COCCOCC(=O)NCC(C)C. The Kier molecular flexibility index (Phi) is 8.75. The van der Waals surface area contributed by atoms with Crippen LogP contribution in [0.25, 0.3) is 0 Å². The van der Waals surface area contributed by atoms with E-state index in [0.717, 1.165) is 0 Å². The molecule has 0 aliphatic carbocycles. The first-order valence-corrected chi connectivity index (χ1v) is 5.44. The summed E-state index contributed by atoms with van der Waals surface area (Å²) in [5.41, 5.74) is 0. The van der Waals surface area contributed by atoms with E-state index in [2.05, 4.69) is 5.32 Å². The summed E-state index contributed by atoms with van der Waals surface area (Å²) in [6.07, 6.45) is 0. The number of hydrogen-bond acceptors (Lipinski definition) is 4. The van der Waals surface area contributed by atoms with Crippen LogP contribution in [0.5, 0.6) is 0 Å². The average molecular weight is 231 g/mol. The molecule has 0 saturated carbocycles. The van der Waals surface area contributed by atoms with Crippen molar-refractivity contribution in [3.05, 3.63) is 0 Å². The molecule has 1 amide bonds. The van der Waals surface area contributed by atoms with E-state index in [-0.39, 0.29) is 24.9 Å². The number of hydrogen-bond donors (Lipinski definition) is 1. The zero-order valence-corrected chi connectivity index (χ0v) is 10.2. The summed E-state index contributed by atoms with van der Waals surface area (Å²) in [7, 11) is 0. The molecule has 5 nitrogen and oxygen atoms in total. The molecule has 0 atom stereocenters. The Balaban J connectivity index is 3.24. The van der Waals surface area contributed by atoms with Crippen LogP contribution in [-0.4, -0.2) is 44.7 Å². The molecule has 0 heterocycles. The Morgan fingerprint density at radius 2 is 1.69 bits per heavy atom. The predicted octanol–water partition coefficient (Wildman–Crippen LogP) is 0.381. The molecule has 0 spiro atoms. The maximum Gasteiger partial charge on any atom is 0.246 e. The number of ketones is 1. The van der Waals surface area contributed by atoms with E-state index in [1.807, 2.05) is 13.8 Å². The van der Waals surface area contributed by atoms with E-state index in [1.54, 1.807) is 0 Å². The fraction of sp³-hybridized carbons (Fsp3) is 0.818. The third-order valence-electron chi connectivity index (χ3n) is 1.62. The first-order chi connectivity index (χ1) is 7.52. The highest BCUT2D eigenvalue weighted by Gasteiger charge is 2.02. The second-order valence-electron chi connectivity index (χ2n) is 4.01. The van der Waals surface area contributed by atoms with Crippen molar-refractivity contribution >= 4 is 11.7 Å². The molecule has 0 fully saturated rings. The largest absolute Gasteiger partial charge is 0.371 e. The maximum atomic E-state index is 11.2. The third kappa shape index (κ3) is 11.1. The Hall–Kier alpha value is -0.940. The molecular formula is C11H21NO4. The fourth-order valence-electron chi connectivity index (χ4n) is 0.868. The summed E-state index contributed by atoms with van der Waals surface area (Å²) in [6.45, 7) is 6.95. The van der Waals surface area contributed by atoms with Crippen molar-refractivity contribution in [1.82, 2.24) is 5.32 Å². The number of Topliss-reactive ketones (excluding diaryl/α,β-unsaturated/α-hetero) is 1. The van der Waals surface area contributed by atoms with Crippen LogP contribution in [0.2, 0.25) is 0 Å². The van der Waals surface area contributed by atoms with Crippen LogP contribution in [0.3, 0.4) is 0 Å². The van der Waals surface area contributed by atoms with Crippen LogP contribution in [0, 0.1) is 5.92 Å². The lowest BCUT2D eigenvalue weighted by Crippen LogP contribution is -2.31. The normalized spacial score (nSPS) is 10.5. The Morgan fingerprint density at radius 1 is 1.12 bits per heavy atom. The van der Waals surface area contributed by atoms with Crippen LogP contribution in [-0.2, 0) is 19.1 Å². The van der Waals surface area contributed by atoms with Crippen molar-refractivity contribution < 1.29 is 19.1 Å². The average Bonchev–Trinajstić information content (AvgIpc) is 2.19. The predicted molar refractivity (Wildman–Crippen MR) is 60.2 cm³/mol. The Morgan fingerprint density at radius 3 is 2.19 bits per heavy atom. The van der Waals surface area contributed by atoms with Gasteiger partial charge in [0.15, 0.2) is 5.78 Å². The summed E-state index contributed by atoms with van der Waals surface area (Å²) >= 11 is 0. The van der Waals surface area contributed by atoms with Crippen molar-refractivity contribution in [3.8, 4) is 0 Å². The van der Waals surface area contributed by atoms with E-state index in [0.29, 0.717) is 25.7 Å². The second kappa shape index (κ2) is 9.30. The highest BCUT2D eigenvalue weighted by molar-refractivity contribution is 5.77. The summed E-state index contributed by atoms with van der Waals surface area (Å²) in [5.74, 6) is 0.290. The molecule has 94 valence electrons. The van der Waals surface area contributed by atoms with Gasteiger partial charge >= 0.3 is 0 Å².